The third kappa shape index (κ3) is 9.00. The molecule has 0 aliphatic carbocycles. The first-order chi connectivity index (χ1) is 22.4. The van der Waals surface area contributed by atoms with Gasteiger partial charge in [-0.2, -0.15) is 0 Å². The molecular formula is C36H43N3O7S2. The molecule has 2 N–H and O–H groups in total. The SMILES string of the molecule is CCOc1cccc(-c2ccc(CC(N)(c3cccc(N(CC(=O)OC(C)(C)C)C(=O)OC(C)(C)C)n3)S(=O)(=O)c3cccs3)cc2)c1. The summed E-state index contributed by atoms with van der Waals surface area (Å²) in [5, 5.41) is 1.66. The van der Waals surface area contributed by atoms with Crippen molar-refractivity contribution in [3.63, 3.8) is 0 Å². The van der Waals surface area contributed by atoms with Crippen LogP contribution in [0.1, 0.15) is 59.7 Å². The van der Waals surface area contributed by atoms with E-state index in [0.717, 1.165) is 33.1 Å². The zero-order valence-corrected chi connectivity index (χ0v) is 30.0. The first kappa shape index (κ1) is 36.6. The van der Waals surface area contributed by atoms with Gasteiger partial charge in [0.1, 0.15) is 33.5 Å². The number of nitrogens with two attached hydrogens (primary N) is 1. The van der Waals surface area contributed by atoms with Crippen LogP contribution < -0.4 is 15.4 Å². The number of esters is 1. The highest BCUT2D eigenvalue weighted by Gasteiger charge is 2.45. The largest absolute Gasteiger partial charge is 0.494 e. The molecule has 1 unspecified atom stereocenters. The van der Waals surface area contributed by atoms with Crippen LogP contribution in [0, 0.1) is 0 Å². The highest BCUT2D eigenvalue weighted by atomic mass is 32.2. The molecule has 4 rings (SSSR count). The number of carbonyl (C=O) groups excluding carboxylic acids is 2. The maximum atomic E-state index is 14.3. The number of sulfone groups is 1. The van der Waals surface area contributed by atoms with Gasteiger partial charge in [-0.3, -0.25) is 9.69 Å². The Hall–Kier alpha value is -4.26. The molecule has 0 radical (unpaired) electrons. The van der Waals surface area contributed by atoms with Crippen LogP contribution >= 0.6 is 11.3 Å². The molecule has 0 aliphatic heterocycles. The second-order valence-corrected chi connectivity index (χ2v) is 16.6. The summed E-state index contributed by atoms with van der Waals surface area (Å²) in [4.78, 5) is 29.9. The Labute approximate surface area is 286 Å². The third-order valence-corrected chi connectivity index (χ3v) is 10.5. The summed E-state index contributed by atoms with van der Waals surface area (Å²) in [7, 11) is -4.23. The van der Waals surface area contributed by atoms with E-state index in [1.807, 2.05) is 55.5 Å². The van der Waals surface area contributed by atoms with E-state index in [2.05, 4.69) is 4.98 Å². The monoisotopic (exact) mass is 693 g/mol. The van der Waals surface area contributed by atoms with E-state index in [1.54, 1.807) is 59.1 Å². The number of thiophene rings is 1. The molecule has 0 aliphatic rings. The fourth-order valence-corrected chi connectivity index (χ4v) is 7.77. The molecule has 1 amide bonds. The van der Waals surface area contributed by atoms with Crippen molar-refractivity contribution in [3.8, 4) is 16.9 Å². The zero-order valence-electron chi connectivity index (χ0n) is 28.4. The summed E-state index contributed by atoms with van der Waals surface area (Å²) in [6, 6.07) is 22.8. The fourth-order valence-electron chi connectivity index (χ4n) is 4.84. The normalized spacial score (nSPS) is 13.3. The smallest absolute Gasteiger partial charge is 0.416 e. The quantitative estimate of drug-likeness (QED) is 0.163. The fraction of sp³-hybridized carbons (Fsp3) is 0.361. The lowest BCUT2D eigenvalue weighted by Gasteiger charge is -2.31. The van der Waals surface area contributed by atoms with Gasteiger partial charge in [-0.15, -0.1) is 11.3 Å². The van der Waals surface area contributed by atoms with E-state index in [1.165, 1.54) is 18.2 Å². The topological polar surface area (TPSA) is 138 Å². The summed E-state index contributed by atoms with van der Waals surface area (Å²) < 4.78 is 45.4. The standard InChI is InChI=1S/C36H43N3O7S2/c1-8-44-28-13-9-12-27(22-28)26-19-17-25(18-20-26)23-36(37,48(42,43)32-16-11-21-47-32)29-14-10-15-30(38-29)39(33(41)46-35(5,6)7)24-31(40)45-34(2,3)4/h9-22H,8,23-24,37H2,1-7H3. The Kier molecular flexibility index (Phi) is 11.0. The minimum absolute atomic E-state index is 0.0142. The number of rotatable bonds is 11. The molecule has 0 bridgehead atoms. The van der Waals surface area contributed by atoms with Gasteiger partial charge in [0.2, 0.25) is 9.84 Å². The van der Waals surface area contributed by atoms with Gasteiger partial charge in [-0.25, -0.2) is 18.2 Å². The van der Waals surface area contributed by atoms with Crippen molar-refractivity contribution < 1.29 is 32.2 Å². The summed E-state index contributed by atoms with van der Waals surface area (Å²) in [6.07, 6.45) is -0.993. The van der Waals surface area contributed by atoms with Gasteiger partial charge in [0.15, 0.2) is 4.87 Å². The number of amides is 1. The van der Waals surface area contributed by atoms with Gasteiger partial charge < -0.3 is 19.9 Å². The van der Waals surface area contributed by atoms with Crippen molar-refractivity contribution in [2.45, 2.75) is 75.2 Å². The van der Waals surface area contributed by atoms with E-state index in [4.69, 9.17) is 19.9 Å². The van der Waals surface area contributed by atoms with Crippen LogP contribution in [0.2, 0.25) is 0 Å². The Bertz CT molecular complexity index is 1830. The van der Waals surface area contributed by atoms with Crippen molar-refractivity contribution in [1.82, 2.24) is 4.98 Å². The van der Waals surface area contributed by atoms with Crippen molar-refractivity contribution in [2.24, 2.45) is 5.73 Å². The molecular weight excluding hydrogens is 651 g/mol. The highest BCUT2D eigenvalue weighted by Crippen LogP contribution is 2.37. The molecule has 0 fully saturated rings. The van der Waals surface area contributed by atoms with Crippen molar-refractivity contribution in [1.29, 1.82) is 0 Å². The van der Waals surface area contributed by atoms with Crippen LogP contribution in [-0.4, -0.2) is 49.8 Å². The van der Waals surface area contributed by atoms with Gasteiger partial charge in [0.05, 0.1) is 12.3 Å². The molecule has 0 spiro atoms. The van der Waals surface area contributed by atoms with Gasteiger partial charge in [-0.05, 0) is 101 Å². The van der Waals surface area contributed by atoms with Gasteiger partial charge >= 0.3 is 12.1 Å². The molecule has 0 saturated heterocycles. The molecule has 4 aromatic rings. The Morgan fingerprint density at radius 1 is 0.854 bits per heavy atom. The van der Waals surface area contributed by atoms with Gasteiger partial charge in [0, 0.05) is 6.42 Å². The Morgan fingerprint density at radius 2 is 1.52 bits per heavy atom. The molecule has 10 nitrogen and oxygen atoms in total. The molecule has 2 aromatic carbocycles. The van der Waals surface area contributed by atoms with E-state index >= 15 is 0 Å². The molecule has 0 saturated carbocycles. The number of carbonyl (C=O) groups is 2. The first-order valence-electron chi connectivity index (χ1n) is 15.5. The predicted molar refractivity (Wildman–Crippen MR) is 188 cm³/mol. The lowest BCUT2D eigenvalue weighted by atomic mass is 9.99. The van der Waals surface area contributed by atoms with Crippen molar-refractivity contribution in [3.05, 3.63) is 95.5 Å². The molecule has 12 heteroatoms. The van der Waals surface area contributed by atoms with Crippen LogP contribution in [0.4, 0.5) is 10.6 Å². The second-order valence-electron chi connectivity index (χ2n) is 13.2. The minimum Gasteiger partial charge on any atom is -0.494 e. The second kappa shape index (κ2) is 14.5. The van der Waals surface area contributed by atoms with E-state index in [0.29, 0.717) is 12.2 Å². The van der Waals surface area contributed by atoms with Crippen LogP contribution in [0.25, 0.3) is 11.1 Å². The van der Waals surface area contributed by atoms with Gasteiger partial charge in [0.25, 0.3) is 0 Å². The number of aromatic nitrogens is 1. The van der Waals surface area contributed by atoms with Crippen LogP contribution in [0.3, 0.4) is 0 Å². The maximum Gasteiger partial charge on any atom is 0.416 e. The number of ether oxygens (including phenoxy) is 3. The molecule has 256 valence electrons. The average Bonchev–Trinajstić information content (AvgIpc) is 3.55. The van der Waals surface area contributed by atoms with Crippen LogP contribution in [-0.2, 0) is 35.4 Å². The lowest BCUT2D eigenvalue weighted by Crippen LogP contribution is -2.48. The van der Waals surface area contributed by atoms with E-state index in [9.17, 15) is 18.0 Å². The molecule has 48 heavy (non-hydrogen) atoms. The van der Waals surface area contributed by atoms with E-state index < -0.39 is 44.5 Å². The van der Waals surface area contributed by atoms with Crippen LogP contribution in [0.15, 0.2) is 88.5 Å². The molecule has 1 atom stereocenters. The summed E-state index contributed by atoms with van der Waals surface area (Å²) >= 11 is 1.05. The summed E-state index contributed by atoms with van der Waals surface area (Å²) in [6.45, 7) is 12.2. The third-order valence-electron chi connectivity index (χ3n) is 6.90. The number of pyridine rings is 1. The van der Waals surface area contributed by atoms with E-state index in [-0.39, 0.29) is 22.1 Å². The molecule has 2 aromatic heterocycles. The van der Waals surface area contributed by atoms with Gasteiger partial charge in [-0.1, -0.05) is 48.5 Å². The lowest BCUT2D eigenvalue weighted by molar-refractivity contribution is -0.153. The zero-order chi connectivity index (χ0) is 35.3. The average molecular weight is 694 g/mol. The summed E-state index contributed by atoms with van der Waals surface area (Å²) in [5.74, 6) is 0.0335. The minimum atomic E-state index is -4.23. The summed E-state index contributed by atoms with van der Waals surface area (Å²) in [5.41, 5.74) is 7.76. The Balaban J connectivity index is 1.77. The number of benzene rings is 2. The highest BCUT2D eigenvalue weighted by molar-refractivity contribution is 7.94. The number of anilines is 1. The first-order valence-corrected chi connectivity index (χ1v) is 17.9. The van der Waals surface area contributed by atoms with Crippen molar-refractivity contribution >= 4 is 39.1 Å². The number of hydrogen-bond donors (Lipinski definition) is 1. The van der Waals surface area contributed by atoms with Crippen LogP contribution in [0.5, 0.6) is 5.75 Å². The number of hydrogen-bond acceptors (Lipinski definition) is 10. The molecule has 2 heterocycles. The maximum absolute atomic E-state index is 14.3. The van der Waals surface area contributed by atoms with Crippen molar-refractivity contribution in [2.75, 3.05) is 18.1 Å². The predicted octanol–water partition coefficient (Wildman–Crippen LogP) is 7.12. The number of nitrogens with zero attached hydrogens (tertiary/aromatic N) is 2. The Morgan fingerprint density at radius 3 is 2.12 bits per heavy atom.